The third kappa shape index (κ3) is 2.85. The van der Waals surface area contributed by atoms with E-state index in [0.717, 1.165) is 0 Å². The fourth-order valence-corrected chi connectivity index (χ4v) is 5.97. The van der Waals surface area contributed by atoms with Gasteiger partial charge in [0.05, 0.1) is 16.1 Å². The Bertz CT molecular complexity index is 1120. The number of aromatic nitrogens is 4. The molecule has 1 saturated heterocycles. The van der Waals surface area contributed by atoms with Gasteiger partial charge in [0.25, 0.3) is 0 Å². The molecule has 0 aliphatic carbocycles. The van der Waals surface area contributed by atoms with Crippen LogP contribution in [-0.2, 0) is 9.84 Å². The average Bonchev–Trinajstić information content (AvgIpc) is 3.11. The van der Waals surface area contributed by atoms with Crippen molar-refractivity contribution < 1.29 is 12.8 Å². The fourth-order valence-electron chi connectivity index (χ4n) is 3.84. The molecule has 2 aromatic heterocycles. The molecule has 3 heterocycles. The van der Waals surface area contributed by atoms with Gasteiger partial charge >= 0.3 is 0 Å². The number of rotatable bonds is 4. The van der Waals surface area contributed by atoms with E-state index >= 15 is 0 Å². The quantitative estimate of drug-likeness (QED) is 0.666. The molecule has 4 rings (SSSR count). The van der Waals surface area contributed by atoms with E-state index in [4.69, 9.17) is 0 Å². The maximum atomic E-state index is 14.2. The van der Waals surface area contributed by atoms with Crippen molar-refractivity contribution in [2.45, 2.75) is 31.4 Å². The predicted molar refractivity (Wildman–Crippen MR) is 105 cm³/mol. The summed E-state index contributed by atoms with van der Waals surface area (Å²) in [7, 11) is -3.17. The highest BCUT2D eigenvalue weighted by molar-refractivity contribution is 7.92. The van der Waals surface area contributed by atoms with Crippen LogP contribution in [0.15, 0.2) is 36.4 Å². The lowest BCUT2D eigenvalue weighted by Gasteiger charge is -2.41. The maximum Gasteiger partial charge on any atom is 0.188 e. The number of benzene rings is 1. The summed E-state index contributed by atoms with van der Waals surface area (Å²) in [5.74, 6) is 0.642. The molecule has 0 N–H and O–H groups in total. The molecule has 7 nitrogen and oxygen atoms in total. The molecule has 1 aromatic carbocycles. The lowest BCUT2D eigenvalue weighted by molar-refractivity contribution is 0.457. The van der Waals surface area contributed by atoms with Crippen LogP contribution in [0, 0.1) is 5.82 Å². The van der Waals surface area contributed by atoms with Crippen molar-refractivity contribution in [2.75, 3.05) is 23.7 Å². The molecule has 148 valence electrons. The molecule has 0 spiro atoms. The highest BCUT2D eigenvalue weighted by Crippen LogP contribution is 2.33. The van der Waals surface area contributed by atoms with Gasteiger partial charge in [0.1, 0.15) is 11.6 Å². The molecule has 3 aromatic rings. The van der Waals surface area contributed by atoms with Crippen LogP contribution in [0.1, 0.15) is 26.7 Å². The normalized spacial score (nSPS) is 18.5. The monoisotopic (exact) mass is 403 g/mol. The van der Waals surface area contributed by atoms with E-state index in [1.165, 1.54) is 10.6 Å². The molecule has 0 amide bonds. The largest absolute Gasteiger partial charge is 0.353 e. The molecule has 1 fully saturated rings. The Morgan fingerprint density at radius 2 is 1.86 bits per heavy atom. The summed E-state index contributed by atoms with van der Waals surface area (Å²) in [4.78, 5) is 1.98. The lowest BCUT2D eigenvalue weighted by Crippen LogP contribution is -2.56. The van der Waals surface area contributed by atoms with E-state index in [2.05, 4.69) is 15.3 Å². The van der Waals surface area contributed by atoms with E-state index in [9.17, 15) is 12.8 Å². The summed E-state index contributed by atoms with van der Waals surface area (Å²) in [6, 6.07) is 9.92. The smallest absolute Gasteiger partial charge is 0.188 e. The third-order valence-corrected chi connectivity index (χ3v) is 8.49. The Morgan fingerprint density at radius 1 is 1.11 bits per heavy atom. The molecule has 0 unspecified atom stereocenters. The second kappa shape index (κ2) is 6.80. The fraction of sp³-hybridized carbons (Fsp3) is 0.421. The van der Waals surface area contributed by atoms with Crippen LogP contribution in [-0.4, -0.2) is 51.8 Å². The number of anilines is 1. The van der Waals surface area contributed by atoms with Crippen molar-refractivity contribution >= 4 is 21.3 Å². The van der Waals surface area contributed by atoms with Crippen LogP contribution >= 0.6 is 0 Å². The first-order valence-corrected chi connectivity index (χ1v) is 11.0. The Morgan fingerprint density at radius 3 is 2.57 bits per heavy atom. The van der Waals surface area contributed by atoms with Crippen molar-refractivity contribution in [3.05, 3.63) is 42.2 Å². The van der Waals surface area contributed by atoms with Gasteiger partial charge in [-0.2, -0.15) is 4.52 Å². The molecular formula is C19H22FN5O2S. The van der Waals surface area contributed by atoms with Crippen LogP contribution in [0.4, 0.5) is 10.2 Å². The minimum atomic E-state index is -3.17. The first-order chi connectivity index (χ1) is 13.4. The minimum absolute atomic E-state index is 0.0940. The second-order valence-corrected chi connectivity index (χ2v) is 9.60. The van der Waals surface area contributed by atoms with Crippen molar-refractivity contribution in [3.63, 3.8) is 0 Å². The zero-order valence-corrected chi connectivity index (χ0v) is 16.7. The summed E-state index contributed by atoms with van der Waals surface area (Å²) >= 11 is 0. The van der Waals surface area contributed by atoms with Gasteiger partial charge in [-0.1, -0.05) is 26.0 Å². The van der Waals surface area contributed by atoms with Crippen LogP contribution in [0.5, 0.6) is 0 Å². The van der Waals surface area contributed by atoms with E-state index in [-0.39, 0.29) is 5.75 Å². The second-order valence-electron chi connectivity index (χ2n) is 7.10. The van der Waals surface area contributed by atoms with Gasteiger partial charge in [-0.15, -0.1) is 15.3 Å². The topological polar surface area (TPSA) is 80.5 Å². The van der Waals surface area contributed by atoms with Crippen LogP contribution in [0.25, 0.3) is 17.0 Å². The van der Waals surface area contributed by atoms with Crippen LogP contribution < -0.4 is 4.90 Å². The van der Waals surface area contributed by atoms with Crippen molar-refractivity contribution in [3.8, 4) is 11.4 Å². The van der Waals surface area contributed by atoms with Gasteiger partial charge in [0, 0.05) is 13.1 Å². The van der Waals surface area contributed by atoms with Crippen LogP contribution in [0.2, 0.25) is 0 Å². The molecular weight excluding hydrogens is 381 g/mol. The summed E-state index contributed by atoms with van der Waals surface area (Å²) in [5, 5.41) is 12.8. The first-order valence-electron chi connectivity index (χ1n) is 9.35. The molecule has 1 aliphatic heterocycles. The number of hydrogen-bond acceptors (Lipinski definition) is 6. The van der Waals surface area contributed by atoms with Gasteiger partial charge in [0.2, 0.25) is 0 Å². The van der Waals surface area contributed by atoms with Gasteiger partial charge in [0.15, 0.2) is 21.3 Å². The number of halogens is 1. The summed E-state index contributed by atoms with van der Waals surface area (Å²) in [6.45, 7) is 4.59. The summed E-state index contributed by atoms with van der Waals surface area (Å²) in [5.41, 5.74) is 0.821. The van der Waals surface area contributed by atoms with Gasteiger partial charge < -0.3 is 4.90 Å². The highest BCUT2D eigenvalue weighted by Gasteiger charge is 2.45. The zero-order valence-electron chi connectivity index (χ0n) is 15.8. The Hall–Kier alpha value is -2.55. The lowest BCUT2D eigenvalue weighted by atomic mass is 10.0. The van der Waals surface area contributed by atoms with E-state index < -0.39 is 20.4 Å². The molecule has 1 aliphatic rings. The van der Waals surface area contributed by atoms with Gasteiger partial charge in [-0.25, -0.2) is 12.8 Å². The van der Waals surface area contributed by atoms with E-state index in [1.54, 1.807) is 24.3 Å². The Balaban J connectivity index is 1.77. The molecule has 0 bridgehead atoms. The standard InChI is InChI=1S/C19H22FN5O2S/c1-3-19(4-2)13-24(11-12-28(19,26)27)17-10-9-16-21-22-18(25(16)23-17)14-7-5-6-8-15(14)20/h5-10H,3-4,11-13H2,1-2H3. The SMILES string of the molecule is CCC1(CC)CN(c2ccc3nnc(-c4ccccc4F)n3n2)CCS1(=O)=O. The highest BCUT2D eigenvalue weighted by atomic mass is 32.2. The molecule has 28 heavy (non-hydrogen) atoms. The van der Waals surface area contributed by atoms with Gasteiger partial charge in [-0.3, -0.25) is 0 Å². The van der Waals surface area contributed by atoms with E-state index in [0.29, 0.717) is 48.8 Å². The summed E-state index contributed by atoms with van der Waals surface area (Å²) < 4.78 is 40.3. The van der Waals surface area contributed by atoms with Gasteiger partial charge in [-0.05, 0) is 37.1 Å². The van der Waals surface area contributed by atoms with Crippen molar-refractivity contribution in [1.29, 1.82) is 0 Å². The average molecular weight is 403 g/mol. The molecule has 0 atom stereocenters. The first kappa shape index (κ1) is 18.8. The Kier molecular flexibility index (Phi) is 4.57. The molecule has 0 radical (unpaired) electrons. The zero-order chi connectivity index (χ0) is 19.9. The predicted octanol–water partition coefficient (Wildman–Crippen LogP) is 2.72. The van der Waals surface area contributed by atoms with E-state index in [1.807, 2.05) is 24.8 Å². The third-order valence-electron chi connectivity index (χ3n) is 5.74. The molecule has 9 heteroatoms. The number of nitrogens with zero attached hydrogens (tertiary/aromatic N) is 5. The summed E-state index contributed by atoms with van der Waals surface area (Å²) in [6.07, 6.45) is 1.11. The minimum Gasteiger partial charge on any atom is -0.353 e. The number of sulfone groups is 1. The molecule has 0 saturated carbocycles. The maximum absolute atomic E-state index is 14.2. The number of fused-ring (bicyclic) bond motifs is 1. The number of hydrogen-bond donors (Lipinski definition) is 0. The van der Waals surface area contributed by atoms with Crippen molar-refractivity contribution in [2.24, 2.45) is 0 Å². The van der Waals surface area contributed by atoms with Crippen LogP contribution in [0.3, 0.4) is 0 Å². The van der Waals surface area contributed by atoms with Crippen molar-refractivity contribution in [1.82, 2.24) is 19.8 Å². The Labute approximate surface area is 163 Å².